The number of aryl methyl sites for hydroxylation is 3. The Morgan fingerprint density at radius 2 is 1.78 bits per heavy atom. The smallest absolute Gasteiger partial charge is 0.326 e. The van der Waals surface area contributed by atoms with Crippen molar-refractivity contribution in [1.29, 1.82) is 0 Å². The maximum Gasteiger partial charge on any atom is 0.326 e. The number of fused-ring (bicyclic) bond motifs is 2. The van der Waals surface area contributed by atoms with Crippen molar-refractivity contribution in [3.63, 3.8) is 0 Å². The molecule has 5 rings (SSSR count). The first-order valence-corrected chi connectivity index (χ1v) is 18.0. The van der Waals surface area contributed by atoms with Crippen LogP contribution in [0.5, 0.6) is 5.75 Å². The molecule has 0 spiro atoms. The third-order valence-electron chi connectivity index (χ3n) is 9.56. The highest BCUT2D eigenvalue weighted by molar-refractivity contribution is 7.89. The van der Waals surface area contributed by atoms with E-state index in [0.717, 1.165) is 22.2 Å². The number of amides is 1. The molecule has 2 heterocycles. The van der Waals surface area contributed by atoms with Crippen molar-refractivity contribution in [2.45, 2.75) is 90.4 Å². The number of hydrogen-bond donors (Lipinski definition) is 3. The molecule has 1 amide bonds. The molecule has 1 aromatic heterocycles. The lowest BCUT2D eigenvalue weighted by Gasteiger charge is -2.36. The van der Waals surface area contributed by atoms with Crippen molar-refractivity contribution in [1.82, 2.24) is 24.6 Å². The molecule has 4 aromatic rings. The van der Waals surface area contributed by atoms with E-state index in [0.29, 0.717) is 35.4 Å². The summed E-state index contributed by atoms with van der Waals surface area (Å²) >= 11 is 0. The second-order valence-corrected chi connectivity index (χ2v) is 15.2. The van der Waals surface area contributed by atoms with E-state index in [9.17, 15) is 33.0 Å². The Balaban J connectivity index is 1.63. The van der Waals surface area contributed by atoms with Gasteiger partial charge in [-0.05, 0) is 73.2 Å². The predicted molar refractivity (Wildman–Crippen MR) is 185 cm³/mol. The van der Waals surface area contributed by atoms with Gasteiger partial charge in [0.2, 0.25) is 15.9 Å². The minimum atomic E-state index is -3.94. The SMILES string of the molecule is CC[C@@H]1CN(Cc2cc(C(c3ccc4c(nnn4CC)c3C)C(C)(C)C(=O)NC(CC(=O)O)C(=O)O)ccc2C)S(=O)(=O)c2ccccc2O1. The number of rotatable bonds is 12. The molecule has 3 atom stereocenters. The molecule has 13 nitrogen and oxygen atoms in total. The fourth-order valence-electron chi connectivity index (χ4n) is 6.60. The van der Waals surface area contributed by atoms with Crippen LogP contribution in [0.15, 0.2) is 59.5 Å². The first-order valence-electron chi connectivity index (χ1n) is 16.5. The van der Waals surface area contributed by atoms with E-state index < -0.39 is 51.7 Å². The van der Waals surface area contributed by atoms with Gasteiger partial charge < -0.3 is 20.3 Å². The molecule has 266 valence electrons. The molecule has 0 aliphatic carbocycles. The van der Waals surface area contributed by atoms with Crippen LogP contribution >= 0.6 is 0 Å². The zero-order valence-electron chi connectivity index (χ0n) is 29.0. The number of aromatic nitrogens is 3. The van der Waals surface area contributed by atoms with Gasteiger partial charge in [-0.3, -0.25) is 9.59 Å². The Bertz CT molecular complexity index is 2060. The Morgan fingerprint density at radius 1 is 1.06 bits per heavy atom. The zero-order valence-corrected chi connectivity index (χ0v) is 29.8. The summed E-state index contributed by atoms with van der Waals surface area (Å²) in [4.78, 5) is 37.5. The van der Waals surface area contributed by atoms with E-state index in [1.807, 2.05) is 58.0 Å². The van der Waals surface area contributed by atoms with Crippen LogP contribution in [-0.2, 0) is 37.5 Å². The summed E-state index contributed by atoms with van der Waals surface area (Å²) in [6.07, 6.45) is -0.572. The molecule has 50 heavy (non-hydrogen) atoms. The maximum absolute atomic E-state index is 14.1. The predicted octanol–water partition coefficient (Wildman–Crippen LogP) is 4.63. The van der Waals surface area contributed by atoms with Crippen LogP contribution in [0.1, 0.15) is 74.3 Å². The molecule has 0 fully saturated rings. The number of carbonyl (C=O) groups excluding carboxylic acids is 1. The zero-order chi connectivity index (χ0) is 36.5. The van der Waals surface area contributed by atoms with Gasteiger partial charge in [-0.15, -0.1) is 5.10 Å². The number of benzene rings is 3. The molecule has 0 radical (unpaired) electrons. The molecule has 3 N–H and O–H groups in total. The number of carboxylic acid groups (broad SMARTS) is 2. The molecule has 2 unspecified atom stereocenters. The lowest BCUT2D eigenvalue weighted by atomic mass is 9.69. The topological polar surface area (TPSA) is 181 Å². The Hall–Kier alpha value is -4.82. The Labute approximate surface area is 291 Å². The summed E-state index contributed by atoms with van der Waals surface area (Å²) < 4.78 is 37.3. The molecule has 3 aromatic carbocycles. The monoisotopic (exact) mass is 705 g/mol. The molecule has 0 saturated heterocycles. The van der Waals surface area contributed by atoms with Crippen LogP contribution in [0.4, 0.5) is 0 Å². The molecule has 0 bridgehead atoms. The van der Waals surface area contributed by atoms with Crippen LogP contribution in [0.2, 0.25) is 0 Å². The van der Waals surface area contributed by atoms with Gasteiger partial charge in [0.15, 0.2) is 0 Å². The van der Waals surface area contributed by atoms with Gasteiger partial charge in [-0.25, -0.2) is 17.9 Å². The third kappa shape index (κ3) is 6.94. The molecular weight excluding hydrogens is 662 g/mol. The van der Waals surface area contributed by atoms with Crippen molar-refractivity contribution >= 4 is 38.9 Å². The van der Waals surface area contributed by atoms with Gasteiger partial charge in [0.05, 0.1) is 23.9 Å². The highest BCUT2D eigenvalue weighted by atomic mass is 32.2. The highest BCUT2D eigenvalue weighted by Gasteiger charge is 2.42. The van der Waals surface area contributed by atoms with Gasteiger partial charge >= 0.3 is 11.9 Å². The van der Waals surface area contributed by atoms with Crippen molar-refractivity contribution in [2.75, 3.05) is 6.54 Å². The first-order chi connectivity index (χ1) is 23.6. The van der Waals surface area contributed by atoms with Crippen LogP contribution in [-0.4, -0.2) is 74.5 Å². The normalized spacial score (nSPS) is 17.3. The third-order valence-corrected chi connectivity index (χ3v) is 11.4. The quantitative estimate of drug-likeness (QED) is 0.188. The fraction of sp³-hybridized carbons (Fsp3) is 0.417. The number of aliphatic carboxylic acids is 2. The number of sulfonamides is 1. The van der Waals surface area contributed by atoms with Gasteiger partial charge in [0.1, 0.15) is 28.3 Å². The van der Waals surface area contributed by atoms with Crippen molar-refractivity contribution in [3.05, 3.63) is 82.4 Å². The summed E-state index contributed by atoms with van der Waals surface area (Å²) in [6.45, 7) is 11.8. The van der Waals surface area contributed by atoms with Crippen molar-refractivity contribution in [3.8, 4) is 5.75 Å². The van der Waals surface area contributed by atoms with Gasteiger partial charge in [0.25, 0.3) is 0 Å². The number of carbonyl (C=O) groups is 3. The van der Waals surface area contributed by atoms with E-state index in [-0.39, 0.29) is 24.1 Å². The highest BCUT2D eigenvalue weighted by Crippen LogP contribution is 2.44. The minimum absolute atomic E-state index is 0.0398. The lowest BCUT2D eigenvalue weighted by Crippen LogP contribution is -2.49. The number of nitrogens with one attached hydrogen (secondary N) is 1. The number of para-hydroxylation sites is 1. The summed E-state index contributed by atoms with van der Waals surface area (Å²) in [7, 11) is -3.94. The summed E-state index contributed by atoms with van der Waals surface area (Å²) in [5.41, 5.74) is 3.84. The van der Waals surface area contributed by atoms with Gasteiger partial charge in [-0.2, -0.15) is 4.31 Å². The number of carboxylic acids is 2. The van der Waals surface area contributed by atoms with E-state index in [1.54, 1.807) is 42.8 Å². The van der Waals surface area contributed by atoms with Crippen molar-refractivity contribution in [2.24, 2.45) is 5.41 Å². The molecular formula is C36H43N5O8S. The summed E-state index contributed by atoms with van der Waals surface area (Å²) in [5, 5.41) is 30.2. The molecule has 1 aliphatic heterocycles. The van der Waals surface area contributed by atoms with Gasteiger partial charge in [-0.1, -0.05) is 62.4 Å². The van der Waals surface area contributed by atoms with Crippen LogP contribution in [0.3, 0.4) is 0 Å². The Morgan fingerprint density at radius 3 is 2.44 bits per heavy atom. The van der Waals surface area contributed by atoms with E-state index in [2.05, 4.69) is 15.6 Å². The maximum atomic E-state index is 14.1. The van der Waals surface area contributed by atoms with Crippen molar-refractivity contribution < 1.29 is 37.8 Å². The molecule has 1 aliphatic rings. The largest absolute Gasteiger partial charge is 0.488 e. The van der Waals surface area contributed by atoms with Crippen LogP contribution < -0.4 is 10.1 Å². The minimum Gasteiger partial charge on any atom is -0.488 e. The van der Waals surface area contributed by atoms with E-state index in [1.165, 1.54) is 4.31 Å². The van der Waals surface area contributed by atoms with Crippen LogP contribution in [0.25, 0.3) is 11.0 Å². The van der Waals surface area contributed by atoms with Crippen LogP contribution in [0, 0.1) is 19.3 Å². The summed E-state index contributed by atoms with van der Waals surface area (Å²) in [5.74, 6) is -3.88. The van der Waals surface area contributed by atoms with E-state index in [4.69, 9.17) is 4.74 Å². The standard InChI is InChI=1S/C36H43N5O8S/c1-7-25-20-40(50(47,48)30-12-10-9-11-29(30)49-25)19-24-17-23(14-13-21(24)3)32(26-15-16-28-33(22(26)4)38-39-41(28)8-2)36(5,6)35(46)37-27(34(44)45)18-31(42)43/h9-17,25,27,32H,7-8,18-20H2,1-6H3,(H,37,46)(H,42,43)(H,44,45)/t25-,27?,32?/m1/s1. The molecule has 14 heteroatoms. The average Bonchev–Trinajstić information content (AvgIpc) is 3.45. The second-order valence-electron chi connectivity index (χ2n) is 13.2. The first kappa shape index (κ1) is 36.5. The average molecular weight is 706 g/mol. The number of hydrogen-bond acceptors (Lipinski definition) is 8. The fourth-order valence-corrected chi connectivity index (χ4v) is 8.17. The number of nitrogens with zero attached hydrogens (tertiary/aromatic N) is 4. The summed E-state index contributed by atoms with van der Waals surface area (Å²) in [6, 6.07) is 14.4. The second kappa shape index (κ2) is 14.2. The Kier molecular flexibility index (Phi) is 10.4. The number of ether oxygens (including phenoxy) is 1. The lowest BCUT2D eigenvalue weighted by molar-refractivity contribution is -0.148. The van der Waals surface area contributed by atoms with E-state index >= 15 is 0 Å². The molecule has 0 saturated carbocycles. The van der Waals surface area contributed by atoms with Gasteiger partial charge in [0, 0.05) is 19.0 Å².